The summed E-state index contributed by atoms with van der Waals surface area (Å²) in [7, 11) is 0. The first-order valence-electron chi connectivity index (χ1n) is 24.6. The molecule has 6 aromatic rings. The molecule has 5 fully saturated rings. The minimum absolute atomic E-state index is 0. The highest BCUT2D eigenvalue weighted by atomic mass is 127. The van der Waals surface area contributed by atoms with Crippen molar-refractivity contribution < 1.29 is 62.1 Å². The van der Waals surface area contributed by atoms with Gasteiger partial charge in [0.05, 0.1) is 13.2 Å². The largest absolute Gasteiger partial charge is 0.387 e. The molecule has 12 nitrogen and oxygen atoms in total. The maximum Gasteiger partial charge on any atom is 0.254 e. The molecule has 7 heterocycles. The Hall–Kier alpha value is -3.48. The number of hydrogen-bond donors (Lipinski definition) is 3. The van der Waals surface area contributed by atoms with Gasteiger partial charge in [-0.15, -0.1) is 22.7 Å². The molecule has 0 radical (unpaired) electrons. The molecule has 0 bridgehead atoms. The molecule has 3 N–H and O–H groups in total. The summed E-state index contributed by atoms with van der Waals surface area (Å²) < 4.78 is 66.3. The van der Waals surface area contributed by atoms with Crippen molar-refractivity contribution in [2.45, 2.75) is 136 Å². The third-order valence-corrected chi connectivity index (χ3v) is 16.4. The van der Waals surface area contributed by atoms with Gasteiger partial charge in [0.1, 0.15) is 48.3 Å². The third kappa shape index (κ3) is 15.5. The fraction of sp³-hybridized carbons (Fsp3) is 0.431. The Bertz CT molecular complexity index is 2870. The van der Waals surface area contributed by atoms with Crippen molar-refractivity contribution >= 4 is 74.4 Å². The standard InChI is InChI=1S/C25H24ClFO5S.C17H11ClFIS.C12H19NO6.C2H6.2CH4/c1-25(2)31-23-21(29)22(30-24(23)32-25)20(28)14-5-9-18(26)15(11-14)12-17-8-10-19(33-17)13-3-6-16(27)7-4-13;18-16-7-5-14(20)9-12(16)10-15-6-8-17(21-15)11-1-3-13(19)4-2-11;1-12(2)18-9-7(14)8(17-11(9)19-12)10(15)13-3-5-16-6-4-13;1-2;;/h3-11,20-24,28-29H,12H2,1-2H3;1-9H,10H2;7-9,11,14H,3-6H2,1-2H3;1-2H3;2*1H4/t20?,21-,22+,23+,24+;;7-,8-,9+,11+;;;/m1.1.../s1. The summed E-state index contributed by atoms with van der Waals surface area (Å²) in [5, 5.41) is 33.2. The molecule has 5 saturated heterocycles. The number of amides is 1. The molecule has 9 atom stereocenters. The number of halogens is 5. The summed E-state index contributed by atoms with van der Waals surface area (Å²) in [5.74, 6) is -2.33. The van der Waals surface area contributed by atoms with Crippen LogP contribution in [0.1, 0.15) is 88.9 Å². The molecular weight excluding hydrogens is 1190 g/mol. The van der Waals surface area contributed by atoms with E-state index in [1.54, 1.807) is 79.5 Å². The first-order valence-corrected chi connectivity index (χ1v) is 28.1. The quantitative estimate of drug-likeness (QED) is 0.119. The Labute approximate surface area is 482 Å². The smallest absolute Gasteiger partial charge is 0.254 e. The predicted molar refractivity (Wildman–Crippen MR) is 307 cm³/mol. The highest BCUT2D eigenvalue weighted by Gasteiger charge is 2.58. The van der Waals surface area contributed by atoms with Crippen LogP contribution < -0.4 is 0 Å². The van der Waals surface area contributed by atoms with Crippen LogP contribution in [0, 0.1) is 15.2 Å². The fourth-order valence-electron chi connectivity index (χ4n) is 9.08. The number of hydrogen-bond acceptors (Lipinski definition) is 13. The first-order chi connectivity index (χ1) is 35.8. The van der Waals surface area contributed by atoms with Crippen molar-refractivity contribution in [1.82, 2.24) is 4.90 Å². The van der Waals surface area contributed by atoms with Gasteiger partial charge in [-0.3, -0.25) is 4.79 Å². The average Bonchev–Trinajstić information content (AvgIpc) is 4.30. The zero-order chi connectivity index (χ0) is 53.8. The number of benzene rings is 4. The van der Waals surface area contributed by atoms with Gasteiger partial charge in [-0.2, -0.15) is 0 Å². The van der Waals surface area contributed by atoms with Crippen molar-refractivity contribution in [3.8, 4) is 20.9 Å². The summed E-state index contributed by atoms with van der Waals surface area (Å²) in [6.45, 7) is 13.1. The van der Waals surface area contributed by atoms with Crippen LogP contribution in [0.2, 0.25) is 10.0 Å². The maximum atomic E-state index is 13.2. The molecule has 418 valence electrons. The number of morpholine rings is 1. The van der Waals surface area contributed by atoms with Gasteiger partial charge in [-0.25, -0.2) is 8.78 Å². The second-order valence-corrected chi connectivity index (χ2v) is 23.3. The second kappa shape index (κ2) is 27.3. The Morgan fingerprint density at radius 1 is 0.675 bits per heavy atom. The minimum Gasteiger partial charge on any atom is -0.387 e. The molecule has 11 rings (SSSR count). The molecule has 5 aliphatic rings. The number of ether oxygens (including phenoxy) is 7. The van der Waals surface area contributed by atoms with Crippen molar-refractivity contribution in [2.24, 2.45) is 0 Å². The highest BCUT2D eigenvalue weighted by molar-refractivity contribution is 14.1. The third-order valence-electron chi connectivity index (χ3n) is 12.7. The molecule has 0 spiro atoms. The molecule has 1 amide bonds. The van der Waals surface area contributed by atoms with Crippen LogP contribution in [0.5, 0.6) is 0 Å². The van der Waals surface area contributed by atoms with Crippen molar-refractivity contribution in [1.29, 1.82) is 0 Å². The zero-order valence-electron chi connectivity index (χ0n) is 42.1. The molecule has 2 aromatic heterocycles. The van der Waals surface area contributed by atoms with E-state index in [-0.39, 0.29) is 32.4 Å². The van der Waals surface area contributed by atoms with Gasteiger partial charge < -0.3 is 53.4 Å². The lowest BCUT2D eigenvalue weighted by Crippen LogP contribution is -2.50. The van der Waals surface area contributed by atoms with E-state index in [4.69, 9.17) is 56.4 Å². The van der Waals surface area contributed by atoms with Gasteiger partial charge in [0, 0.05) is 59.1 Å². The first kappa shape index (κ1) is 62.7. The topological polar surface area (TPSA) is 146 Å². The lowest BCUT2D eigenvalue weighted by Gasteiger charge is -2.30. The van der Waals surface area contributed by atoms with Gasteiger partial charge in [-0.05, 0) is 151 Å². The molecule has 77 heavy (non-hydrogen) atoms. The molecule has 0 saturated carbocycles. The van der Waals surface area contributed by atoms with Crippen LogP contribution in [0.3, 0.4) is 0 Å². The van der Waals surface area contributed by atoms with E-state index in [1.165, 1.54) is 32.7 Å². The van der Waals surface area contributed by atoms with E-state index in [0.29, 0.717) is 43.3 Å². The van der Waals surface area contributed by atoms with Crippen molar-refractivity contribution in [3.63, 3.8) is 0 Å². The van der Waals surface area contributed by atoms with Crippen LogP contribution in [0.15, 0.2) is 109 Å². The van der Waals surface area contributed by atoms with Crippen molar-refractivity contribution in [2.75, 3.05) is 26.3 Å². The van der Waals surface area contributed by atoms with Gasteiger partial charge in [0.2, 0.25) is 0 Å². The Balaban J connectivity index is 0.000000191. The van der Waals surface area contributed by atoms with E-state index in [2.05, 4.69) is 40.8 Å². The van der Waals surface area contributed by atoms with Crippen LogP contribution in [-0.4, -0.2) is 113 Å². The number of nitrogens with zero attached hydrogens (tertiary/aromatic N) is 1. The summed E-state index contributed by atoms with van der Waals surface area (Å²) in [4.78, 5) is 18.4. The Morgan fingerprint density at radius 2 is 1.14 bits per heavy atom. The molecule has 5 aliphatic heterocycles. The van der Waals surface area contributed by atoms with Crippen LogP contribution in [-0.2, 0) is 50.8 Å². The summed E-state index contributed by atoms with van der Waals surface area (Å²) in [6, 6.07) is 32.6. The molecule has 4 aromatic carbocycles. The summed E-state index contributed by atoms with van der Waals surface area (Å²) >= 11 is 18.3. The number of fused-ring (bicyclic) bond motifs is 2. The highest BCUT2D eigenvalue weighted by Crippen LogP contribution is 2.42. The predicted octanol–water partition coefficient (Wildman–Crippen LogP) is 12.9. The van der Waals surface area contributed by atoms with E-state index in [1.807, 2.05) is 56.3 Å². The minimum atomic E-state index is -1.07. The van der Waals surface area contributed by atoms with E-state index in [0.717, 1.165) is 48.3 Å². The van der Waals surface area contributed by atoms with Gasteiger partial charge in [0.15, 0.2) is 30.3 Å². The Morgan fingerprint density at radius 3 is 1.64 bits per heavy atom. The van der Waals surface area contributed by atoms with Crippen LogP contribution >= 0.6 is 68.5 Å². The SMILES string of the molecule is C.C.CC.CC1(C)O[C@@H]2O[C@@H](C(=O)N3CCOCC3)[C@@H](O)[C@@H]2O1.CC1(C)O[C@@H]2O[C@@H](C(O)c3ccc(Cl)c(Cc4ccc(-c5ccc(F)cc5)s4)c3)[C@@H](O)[C@@H]2O1.Fc1ccc(-c2ccc(Cc3cc(I)ccc3Cl)s2)cc1. The summed E-state index contributed by atoms with van der Waals surface area (Å²) in [5.41, 5.74) is 4.57. The fourth-order valence-corrected chi connectivity index (χ4v) is 12.1. The Kier molecular flexibility index (Phi) is 22.3. The number of carbonyl (C=O) groups is 1. The molecular formula is C58H68Cl2F2INO11S2. The number of thiophene rings is 2. The zero-order valence-corrected chi connectivity index (χ0v) is 47.4. The number of aliphatic hydroxyl groups is 3. The monoisotopic (exact) mass is 1250 g/mol. The lowest BCUT2D eigenvalue weighted by molar-refractivity contribution is -0.226. The van der Waals surface area contributed by atoms with Gasteiger partial charge >= 0.3 is 0 Å². The lowest BCUT2D eigenvalue weighted by atomic mass is 9.97. The normalized spacial score (nSPS) is 24.8. The van der Waals surface area contributed by atoms with Crippen molar-refractivity contribution in [3.05, 3.63) is 161 Å². The number of aliphatic hydroxyl groups excluding tert-OH is 3. The molecule has 1 unspecified atom stereocenters. The number of carbonyl (C=O) groups excluding carboxylic acids is 1. The van der Waals surface area contributed by atoms with Crippen LogP contribution in [0.25, 0.3) is 20.9 Å². The number of rotatable bonds is 9. The van der Waals surface area contributed by atoms with E-state index >= 15 is 0 Å². The van der Waals surface area contributed by atoms with Crippen LogP contribution in [0.4, 0.5) is 8.78 Å². The van der Waals surface area contributed by atoms with E-state index in [9.17, 15) is 28.9 Å². The molecule has 19 heteroatoms. The second-order valence-electron chi connectivity index (χ2n) is 18.9. The van der Waals surface area contributed by atoms with E-state index < -0.39 is 66.9 Å². The summed E-state index contributed by atoms with van der Waals surface area (Å²) in [6.07, 6.45) is -6.16. The van der Waals surface area contributed by atoms with Gasteiger partial charge in [-0.1, -0.05) is 88.3 Å². The average molecular weight is 1260 g/mol. The molecule has 0 aliphatic carbocycles. The maximum absolute atomic E-state index is 13.2. The van der Waals surface area contributed by atoms with Gasteiger partial charge in [0.25, 0.3) is 5.91 Å².